The molecule has 0 spiro atoms. The topological polar surface area (TPSA) is 18.5 Å². The fourth-order valence-corrected chi connectivity index (χ4v) is 5.19. The van der Waals surface area contributed by atoms with Gasteiger partial charge < -0.3 is 5.32 Å². The summed E-state index contributed by atoms with van der Waals surface area (Å²) < 4.78 is 0. The summed E-state index contributed by atoms with van der Waals surface area (Å²) in [6.07, 6.45) is 8.63. The van der Waals surface area contributed by atoms with Crippen LogP contribution in [0.3, 0.4) is 0 Å². The van der Waals surface area contributed by atoms with E-state index in [1.54, 1.807) is 0 Å². The highest BCUT2D eigenvalue weighted by Crippen LogP contribution is 2.40. The van der Waals surface area contributed by atoms with Crippen molar-refractivity contribution in [1.82, 2.24) is 15.1 Å². The number of fused-ring (bicyclic) bond motifs is 1. The summed E-state index contributed by atoms with van der Waals surface area (Å²) in [5, 5.41) is 3.68. The molecule has 3 fully saturated rings. The zero-order chi connectivity index (χ0) is 14.7. The number of nitrogens with one attached hydrogen (secondary N) is 1. The van der Waals surface area contributed by atoms with Gasteiger partial charge in [-0.15, -0.1) is 0 Å². The molecule has 0 aromatic heterocycles. The molecule has 2 saturated heterocycles. The van der Waals surface area contributed by atoms with Gasteiger partial charge in [0.1, 0.15) is 0 Å². The minimum atomic E-state index is 0.550. The summed E-state index contributed by atoms with van der Waals surface area (Å²) in [6.45, 7) is 13.7. The Morgan fingerprint density at radius 3 is 2.86 bits per heavy atom. The molecule has 3 aliphatic rings. The Bertz CT molecular complexity index is 332. The lowest BCUT2D eigenvalue weighted by molar-refractivity contribution is 0.0364. The maximum absolute atomic E-state index is 3.68. The van der Waals surface area contributed by atoms with Crippen LogP contribution in [0.15, 0.2) is 0 Å². The van der Waals surface area contributed by atoms with E-state index in [9.17, 15) is 0 Å². The van der Waals surface area contributed by atoms with Crippen LogP contribution in [0.25, 0.3) is 0 Å². The number of hydrogen-bond acceptors (Lipinski definition) is 3. The Labute approximate surface area is 131 Å². The van der Waals surface area contributed by atoms with Crippen LogP contribution in [0.4, 0.5) is 0 Å². The minimum absolute atomic E-state index is 0.550. The summed E-state index contributed by atoms with van der Waals surface area (Å²) in [5.41, 5.74) is 0.550. The molecule has 0 aromatic carbocycles. The number of rotatable bonds is 5. The molecule has 1 N–H and O–H groups in total. The average Bonchev–Trinajstić information content (AvgIpc) is 2.93. The first-order valence-electron chi connectivity index (χ1n) is 9.38. The molecule has 1 saturated carbocycles. The molecule has 0 radical (unpaired) electrons. The van der Waals surface area contributed by atoms with Crippen molar-refractivity contribution >= 4 is 0 Å². The first kappa shape index (κ1) is 15.8. The van der Waals surface area contributed by atoms with Crippen LogP contribution in [0, 0.1) is 11.3 Å². The summed E-state index contributed by atoms with van der Waals surface area (Å²) in [7, 11) is 0. The van der Waals surface area contributed by atoms with Gasteiger partial charge in [0.05, 0.1) is 0 Å². The highest BCUT2D eigenvalue weighted by molar-refractivity contribution is 4.93. The Balaban J connectivity index is 1.60. The van der Waals surface area contributed by atoms with E-state index in [0.717, 1.165) is 18.5 Å². The maximum Gasteiger partial charge on any atom is 0.0224 e. The fraction of sp³-hybridized carbons (Fsp3) is 1.00. The third-order valence-corrected chi connectivity index (χ3v) is 6.17. The van der Waals surface area contributed by atoms with Gasteiger partial charge in [-0.1, -0.05) is 26.7 Å². The zero-order valence-electron chi connectivity index (χ0n) is 14.2. The molecule has 3 rings (SSSR count). The molecule has 0 amide bonds. The van der Waals surface area contributed by atoms with Crippen molar-refractivity contribution in [3.05, 3.63) is 0 Å². The van der Waals surface area contributed by atoms with E-state index in [4.69, 9.17) is 0 Å². The van der Waals surface area contributed by atoms with E-state index >= 15 is 0 Å². The van der Waals surface area contributed by atoms with Gasteiger partial charge in [0.2, 0.25) is 0 Å². The molecule has 3 heteroatoms. The van der Waals surface area contributed by atoms with Crippen LogP contribution < -0.4 is 5.32 Å². The van der Waals surface area contributed by atoms with Gasteiger partial charge in [-0.3, -0.25) is 9.80 Å². The molecular weight excluding hydrogens is 258 g/mol. The Hall–Kier alpha value is -0.120. The smallest absolute Gasteiger partial charge is 0.0224 e. The second-order valence-corrected chi connectivity index (χ2v) is 8.05. The van der Waals surface area contributed by atoms with Gasteiger partial charge in [0.25, 0.3) is 0 Å². The van der Waals surface area contributed by atoms with Crippen molar-refractivity contribution in [1.29, 1.82) is 0 Å². The van der Waals surface area contributed by atoms with Crippen LogP contribution in [-0.4, -0.2) is 61.7 Å². The average molecular weight is 293 g/mol. The van der Waals surface area contributed by atoms with Gasteiger partial charge in [-0.2, -0.15) is 0 Å². The third-order valence-electron chi connectivity index (χ3n) is 6.17. The summed E-state index contributed by atoms with van der Waals surface area (Å²) in [5.74, 6) is 0.921. The van der Waals surface area contributed by atoms with Gasteiger partial charge in [0.15, 0.2) is 0 Å². The van der Waals surface area contributed by atoms with Crippen LogP contribution in [0.2, 0.25) is 0 Å². The quantitative estimate of drug-likeness (QED) is 0.840. The second kappa shape index (κ2) is 6.97. The molecule has 3 unspecified atom stereocenters. The van der Waals surface area contributed by atoms with Crippen molar-refractivity contribution in [2.24, 2.45) is 11.3 Å². The van der Waals surface area contributed by atoms with E-state index in [0.29, 0.717) is 5.41 Å². The number of nitrogens with zero attached hydrogens (tertiary/aromatic N) is 2. The SMILES string of the molecule is CCNCC1(CN2CCN3CCCC3C2)CCCC(C)C1. The van der Waals surface area contributed by atoms with E-state index in [-0.39, 0.29) is 0 Å². The molecule has 3 atom stereocenters. The first-order chi connectivity index (χ1) is 10.2. The Kier molecular flexibility index (Phi) is 5.23. The van der Waals surface area contributed by atoms with Crippen molar-refractivity contribution in [3.63, 3.8) is 0 Å². The van der Waals surface area contributed by atoms with E-state index < -0.39 is 0 Å². The fourth-order valence-electron chi connectivity index (χ4n) is 5.19. The first-order valence-corrected chi connectivity index (χ1v) is 9.38. The predicted octanol–water partition coefficient (Wildman–Crippen LogP) is 2.57. The van der Waals surface area contributed by atoms with Crippen LogP contribution in [0.1, 0.15) is 52.4 Å². The van der Waals surface area contributed by atoms with Crippen LogP contribution in [0.5, 0.6) is 0 Å². The molecule has 2 aliphatic heterocycles. The summed E-state index contributed by atoms with van der Waals surface area (Å²) in [4.78, 5) is 5.54. The van der Waals surface area contributed by atoms with Gasteiger partial charge in [0, 0.05) is 38.8 Å². The van der Waals surface area contributed by atoms with Crippen molar-refractivity contribution in [2.75, 3.05) is 45.8 Å². The molecule has 21 heavy (non-hydrogen) atoms. The molecule has 1 aliphatic carbocycles. The predicted molar refractivity (Wildman–Crippen MR) is 89.6 cm³/mol. The molecule has 122 valence electrons. The van der Waals surface area contributed by atoms with Crippen molar-refractivity contribution in [2.45, 2.75) is 58.4 Å². The number of hydrogen-bond donors (Lipinski definition) is 1. The maximum atomic E-state index is 3.68. The van der Waals surface area contributed by atoms with E-state index in [1.165, 1.54) is 77.8 Å². The summed E-state index contributed by atoms with van der Waals surface area (Å²) >= 11 is 0. The third kappa shape index (κ3) is 3.80. The van der Waals surface area contributed by atoms with Crippen molar-refractivity contribution in [3.8, 4) is 0 Å². The second-order valence-electron chi connectivity index (χ2n) is 8.05. The zero-order valence-corrected chi connectivity index (χ0v) is 14.2. The molecule has 2 heterocycles. The lowest BCUT2D eigenvalue weighted by Crippen LogP contribution is -2.55. The minimum Gasteiger partial charge on any atom is -0.316 e. The van der Waals surface area contributed by atoms with Gasteiger partial charge in [-0.05, 0) is 50.1 Å². The monoisotopic (exact) mass is 293 g/mol. The standard InChI is InChI=1S/C18H35N3/c1-3-19-14-18(8-4-6-16(2)12-18)15-20-10-11-21-9-5-7-17(21)13-20/h16-17,19H,3-15H2,1-2H3. The summed E-state index contributed by atoms with van der Waals surface area (Å²) in [6, 6.07) is 0.871. The lowest BCUT2D eigenvalue weighted by Gasteiger charge is -2.46. The van der Waals surface area contributed by atoms with E-state index in [1.807, 2.05) is 0 Å². The number of piperazine rings is 1. The van der Waals surface area contributed by atoms with Gasteiger partial charge >= 0.3 is 0 Å². The highest BCUT2D eigenvalue weighted by Gasteiger charge is 2.38. The molecular formula is C18H35N3. The Morgan fingerprint density at radius 2 is 2.05 bits per heavy atom. The Morgan fingerprint density at radius 1 is 1.14 bits per heavy atom. The van der Waals surface area contributed by atoms with E-state index in [2.05, 4.69) is 29.0 Å². The van der Waals surface area contributed by atoms with Crippen molar-refractivity contribution < 1.29 is 0 Å². The van der Waals surface area contributed by atoms with Crippen LogP contribution >= 0.6 is 0 Å². The molecule has 0 bridgehead atoms. The van der Waals surface area contributed by atoms with Crippen LogP contribution in [-0.2, 0) is 0 Å². The van der Waals surface area contributed by atoms with Gasteiger partial charge in [-0.25, -0.2) is 0 Å². The lowest BCUT2D eigenvalue weighted by atomic mass is 9.69. The molecule has 0 aromatic rings. The largest absolute Gasteiger partial charge is 0.316 e. The normalized spacial score (nSPS) is 38.6. The molecule has 3 nitrogen and oxygen atoms in total. The highest BCUT2D eigenvalue weighted by atomic mass is 15.3.